The summed E-state index contributed by atoms with van der Waals surface area (Å²) < 4.78 is 2.84. The van der Waals surface area contributed by atoms with E-state index >= 15 is 0 Å². The second kappa shape index (κ2) is 6.45. The highest BCUT2D eigenvalue weighted by molar-refractivity contribution is 9.10. The number of rotatable bonds is 5. The first-order valence-corrected chi connectivity index (χ1v) is 7.06. The van der Waals surface area contributed by atoms with Gasteiger partial charge in [-0.2, -0.15) is 0 Å². The second-order valence-corrected chi connectivity index (χ2v) is 5.41. The van der Waals surface area contributed by atoms with Crippen LogP contribution in [0.3, 0.4) is 0 Å². The van der Waals surface area contributed by atoms with E-state index in [4.69, 9.17) is 23.2 Å². The Bertz CT molecular complexity index is 514. The Morgan fingerprint density at radius 2 is 2.11 bits per heavy atom. The van der Waals surface area contributed by atoms with Crippen LogP contribution in [-0.4, -0.2) is 16.1 Å². The first-order chi connectivity index (χ1) is 8.68. The van der Waals surface area contributed by atoms with Gasteiger partial charge < -0.3 is 9.88 Å². The van der Waals surface area contributed by atoms with Crippen LogP contribution in [0.15, 0.2) is 35.3 Å². The minimum Gasteiger partial charge on any atom is -0.384 e. The Morgan fingerprint density at radius 3 is 2.83 bits per heavy atom. The fourth-order valence-corrected chi connectivity index (χ4v) is 2.41. The van der Waals surface area contributed by atoms with E-state index in [1.807, 2.05) is 29.2 Å². The predicted octanol–water partition coefficient (Wildman–Crippen LogP) is 4.45. The molecule has 0 spiro atoms. The molecule has 1 aromatic carbocycles. The van der Waals surface area contributed by atoms with E-state index in [1.54, 1.807) is 6.20 Å². The van der Waals surface area contributed by atoms with Crippen molar-refractivity contribution in [3.63, 3.8) is 0 Å². The highest BCUT2D eigenvalue weighted by Crippen LogP contribution is 2.35. The zero-order chi connectivity index (χ0) is 13.0. The summed E-state index contributed by atoms with van der Waals surface area (Å²) in [5.74, 6) is 0. The lowest BCUT2D eigenvalue weighted by Gasteiger charge is -2.10. The summed E-state index contributed by atoms with van der Waals surface area (Å²) >= 11 is 15.5. The summed E-state index contributed by atoms with van der Waals surface area (Å²) in [6.07, 6.45) is 6.52. The van der Waals surface area contributed by atoms with Crippen LogP contribution in [0.5, 0.6) is 0 Å². The van der Waals surface area contributed by atoms with Crippen molar-refractivity contribution in [3.05, 3.63) is 45.4 Å². The fourth-order valence-electron chi connectivity index (χ4n) is 1.57. The fraction of sp³-hybridized carbons (Fsp3) is 0.250. The van der Waals surface area contributed by atoms with Crippen molar-refractivity contribution in [2.45, 2.75) is 13.0 Å². The molecule has 0 bridgehead atoms. The zero-order valence-corrected chi connectivity index (χ0v) is 12.6. The molecule has 96 valence electrons. The van der Waals surface area contributed by atoms with Crippen molar-refractivity contribution in [1.29, 1.82) is 0 Å². The van der Waals surface area contributed by atoms with Crippen LogP contribution in [0.2, 0.25) is 10.0 Å². The van der Waals surface area contributed by atoms with Gasteiger partial charge in [0.05, 0.1) is 22.1 Å². The Morgan fingerprint density at radius 1 is 1.28 bits per heavy atom. The number of hydrogen-bond acceptors (Lipinski definition) is 2. The van der Waals surface area contributed by atoms with Crippen LogP contribution < -0.4 is 5.32 Å². The molecule has 18 heavy (non-hydrogen) atoms. The van der Waals surface area contributed by atoms with E-state index < -0.39 is 0 Å². The Labute approximate surface area is 124 Å². The highest BCUT2D eigenvalue weighted by atomic mass is 79.9. The quantitative estimate of drug-likeness (QED) is 0.638. The van der Waals surface area contributed by atoms with Crippen molar-refractivity contribution < 1.29 is 0 Å². The number of nitrogens with one attached hydrogen (secondary N) is 1. The zero-order valence-electron chi connectivity index (χ0n) is 9.54. The van der Waals surface area contributed by atoms with E-state index in [2.05, 4.69) is 26.2 Å². The van der Waals surface area contributed by atoms with Gasteiger partial charge in [0.2, 0.25) is 0 Å². The number of imidazole rings is 1. The largest absolute Gasteiger partial charge is 0.384 e. The van der Waals surface area contributed by atoms with Crippen LogP contribution in [0.4, 0.5) is 5.69 Å². The van der Waals surface area contributed by atoms with Gasteiger partial charge in [-0.3, -0.25) is 0 Å². The Hall–Kier alpha value is -0.710. The van der Waals surface area contributed by atoms with Crippen LogP contribution in [0.1, 0.15) is 6.42 Å². The van der Waals surface area contributed by atoms with E-state index in [-0.39, 0.29) is 0 Å². The smallest absolute Gasteiger partial charge is 0.0945 e. The molecule has 0 atom stereocenters. The number of nitrogens with zero attached hydrogens (tertiary/aromatic N) is 2. The summed E-state index contributed by atoms with van der Waals surface area (Å²) in [6.45, 7) is 1.75. The highest BCUT2D eigenvalue weighted by Gasteiger charge is 2.07. The van der Waals surface area contributed by atoms with Crippen molar-refractivity contribution in [1.82, 2.24) is 9.55 Å². The third kappa shape index (κ3) is 3.40. The Kier molecular flexibility index (Phi) is 4.92. The molecule has 0 fully saturated rings. The van der Waals surface area contributed by atoms with Crippen LogP contribution >= 0.6 is 39.1 Å². The molecule has 3 nitrogen and oxygen atoms in total. The summed E-state index contributed by atoms with van der Waals surface area (Å²) in [6, 6.07) is 3.79. The normalized spacial score (nSPS) is 10.6. The van der Waals surface area contributed by atoms with Crippen molar-refractivity contribution in [3.8, 4) is 0 Å². The number of benzene rings is 1. The predicted molar refractivity (Wildman–Crippen MR) is 79.5 cm³/mol. The molecule has 1 aromatic heterocycles. The maximum Gasteiger partial charge on any atom is 0.0945 e. The molecule has 2 rings (SSSR count). The van der Waals surface area contributed by atoms with Crippen molar-refractivity contribution in [2.24, 2.45) is 0 Å². The van der Waals surface area contributed by atoms with Crippen molar-refractivity contribution >= 4 is 44.8 Å². The van der Waals surface area contributed by atoms with Gasteiger partial charge in [-0.05, 0) is 34.5 Å². The van der Waals surface area contributed by atoms with E-state index in [0.29, 0.717) is 10.0 Å². The Balaban J connectivity index is 1.85. The average molecular weight is 349 g/mol. The molecule has 0 amide bonds. The molecular formula is C12H12BrCl2N3. The topological polar surface area (TPSA) is 29.9 Å². The van der Waals surface area contributed by atoms with Gasteiger partial charge in [0.15, 0.2) is 0 Å². The number of anilines is 1. The molecule has 0 unspecified atom stereocenters. The first kappa shape index (κ1) is 13.7. The van der Waals surface area contributed by atoms with E-state index in [9.17, 15) is 0 Å². The number of aromatic nitrogens is 2. The molecular weight excluding hydrogens is 337 g/mol. The number of aryl methyl sites for hydroxylation is 1. The molecule has 0 aliphatic rings. The van der Waals surface area contributed by atoms with E-state index in [0.717, 1.165) is 29.7 Å². The summed E-state index contributed by atoms with van der Waals surface area (Å²) in [5, 5.41) is 4.36. The van der Waals surface area contributed by atoms with Gasteiger partial charge in [0.1, 0.15) is 0 Å². The monoisotopic (exact) mass is 347 g/mol. The molecule has 0 saturated carbocycles. The standard InChI is InChI=1S/C12H12BrCl2N3/c13-9-2-3-10(12(15)11(9)14)17-4-1-6-18-7-5-16-8-18/h2-3,5,7-8,17H,1,4,6H2. The van der Waals surface area contributed by atoms with Gasteiger partial charge in [0.25, 0.3) is 0 Å². The minimum absolute atomic E-state index is 0.538. The maximum absolute atomic E-state index is 6.14. The van der Waals surface area contributed by atoms with Gasteiger partial charge in [-0.25, -0.2) is 4.98 Å². The van der Waals surface area contributed by atoms with Crippen molar-refractivity contribution in [2.75, 3.05) is 11.9 Å². The molecule has 2 aromatic rings. The lowest BCUT2D eigenvalue weighted by Crippen LogP contribution is -2.06. The minimum atomic E-state index is 0.538. The average Bonchev–Trinajstić information content (AvgIpc) is 2.87. The molecule has 0 aliphatic heterocycles. The molecule has 0 radical (unpaired) electrons. The van der Waals surface area contributed by atoms with Crippen LogP contribution in [0.25, 0.3) is 0 Å². The molecule has 0 aliphatic carbocycles. The number of halogens is 3. The van der Waals surface area contributed by atoms with Gasteiger partial charge >= 0.3 is 0 Å². The first-order valence-electron chi connectivity index (χ1n) is 5.51. The number of hydrogen-bond donors (Lipinski definition) is 1. The van der Waals surface area contributed by atoms with Gasteiger partial charge in [-0.1, -0.05) is 23.2 Å². The molecule has 1 heterocycles. The molecule has 0 saturated heterocycles. The third-order valence-corrected chi connectivity index (χ3v) is 4.27. The summed E-state index contributed by atoms with van der Waals surface area (Å²) in [7, 11) is 0. The summed E-state index contributed by atoms with van der Waals surface area (Å²) in [5.41, 5.74) is 0.857. The molecule has 1 N–H and O–H groups in total. The lowest BCUT2D eigenvalue weighted by atomic mass is 10.3. The lowest BCUT2D eigenvalue weighted by molar-refractivity contribution is 0.661. The van der Waals surface area contributed by atoms with E-state index in [1.165, 1.54) is 0 Å². The SMILES string of the molecule is Clc1c(Br)ccc(NCCCn2ccnc2)c1Cl. The van der Waals surface area contributed by atoms with Gasteiger partial charge in [-0.15, -0.1) is 0 Å². The molecule has 6 heteroatoms. The maximum atomic E-state index is 6.14. The summed E-state index contributed by atoms with van der Waals surface area (Å²) in [4.78, 5) is 3.99. The van der Waals surface area contributed by atoms with Gasteiger partial charge in [0, 0.05) is 30.0 Å². The van der Waals surface area contributed by atoms with Crippen LogP contribution in [0, 0.1) is 0 Å². The third-order valence-electron chi connectivity index (χ3n) is 2.50. The second-order valence-electron chi connectivity index (χ2n) is 3.80. The van der Waals surface area contributed by atoms with Crippen LogP contribution in [-0.2, 0) is 6.54 Å².